The van der Waals surface area contributed by atoms with Gasteiger partial charge in [-0.1, -0.05) is 0 Å². The van der Waals surface area contributed by atoms with Crippen molar-refractivity contribution in [3.8, 4) is 0 Å². The lowest BCUT2D eigenvalue weighted by atomic mass is 9.91. The van der Waals surface area contributed by atoms with Crippen LogP contribution in [0.4, 0.5) is 0 Å². The Morgan fingerprint density at radius 2 is 1.44 bits per heavy atom. The van der Waals surface area contributed by atoms with Crippen LogP contribution in [-0.4, -0.2) is 18.2 Å². The van der Waals surface area contributed by atoms with Crippen LogP contribution >= 0.6 is 0 Å². The summed E-state index contributed by atoms with van der Waals surface area (Å²) in [6.45, 7) is 5.65. The van der Waals surface area contributed by atoms with Crippen LogP contribution in [0.15, 0.2) is 0 Å². The zero-order valence-corrected chi connectivity index (χ0v) is 6.65. The van der Waals surface area contributed by atoms with Crippen molar-refractivity contribution in [2.24, 2.45) is 11.5 Å². The largest absolute Gasteiger partial charge is 0.323 e. The summed E-state index contributed by atoms with van der Waals surface area (Å²) >= 11 is 0. The summed E-state index contributed by atoms with van der Waals surface area (Å²) in [5.41, 5.74) is 10.6. The molecule has 0 aliphatic rings. The molecule has 0 rings (SSSR count). The molecule has 0 aromatic heterocycles. The third-order valence-corrected chi connectivity index (χ3v) is 1.86. The van der Waals surface area contributed by atoms with Gasteiger partial charge in [-0.3, -0.25) is 0 Å². The lowest BCUT2D eigenvalue weighted by Crippen LogP contribution is -2.67. The number of hydrogen-bond donors (Lipinski definition) is 3. The van der Waals surface area contributed by atoms with Crippen LogP contribution in [0.3, 0.4) is 0 Å². The zero-order valence-electron chi connectivity index (χ0n) is 6.65. The maximum absolute atomic E-state index is 5.76. The van der Waals surface area contributed by atoms with Gasteiger partial charge in [-0.2, -0.15) is 0 Å². The predicted molar refractivity (Wildman–Crippen MR) is 39.9 cm³/mol. The van der Waals surface area contributed by atoms with Gasteiger partial charge in [0.15, 0.2) is 0 Å². The molecule has 9 heavy (non-hydrogen) atoms. The molecule has 3 heteroatoms. The van der Waals surface area contributed by atoms with Crippen molar-refractivity contribution in [1.29, 1.82) is 0 Å². The summed E-state index contributed by atoms with van der Waals surface area (Å²) < 4.78 is 0. The summed E-state index contributed by atoms with van der Waals surface area (Å²) in [5.74, 6) is 0. The molecule has 0 aromatic carbocycles. The van der Waals surface area contributed by atoms with E-state index in [1.54, 1.807) is 7.05 Å². The van der Waals surface area contributed by atoms with E-state index in [4.69, 9.17) is 11.5 Å². The number of rotatable bonds is 2. The summed E-state index contributed by atoms with van der Waals surface area (Å²) in [6.07, 6.45) is 0. The Bertz CT molecular complexity index is 91.0. The van der Waals surface area contributed by atoms with Crippen molar-refractivity contribution in [2.75, 3.05) is 7.05 Å². The fourth-order valence-corrected chi connectivity index (χ4v) is 0.322. The molecule has 0 heterocycles. The second kappa shape index (κ2) is 2.25. The molecule has 0 spiro atoms. The second-order valence-corrected chi connectivity index (χ2v) is 3.17. The van der Waals surface area contributed by atoms with E-state index in [0.717, 1.165) is 0 Å². The third kappa shape index (κ3) is 1.93. The standard InChI is InChI=1S/C6H17N3/c1-5(2,7)6(3,8)9-4/h9H,7-8H2,1-4H3. The average molecular weight is 131 g/mol. The van der Waals surface area contributed by atoms with Gasteiger partial charge in [-0.25, -0.2) is 0 Å². The minimum absolute atomic E-state index is 0.387. The zero-order chi connectivity index (χ0) is 7.71. The molecule has 1 atom stereocenters. The summed E-state index contributed by atoms with van der Waals surface area (Å²) in [5, 5.41) is 2.93. The molecule has 0 aliphatic carbocycles. The van der Waals surface area contributed by atoms with E-state index < -0.39 is 5.66 Å². The number of nitrogens with two attached hydrogens (primary N) is 2. The van der Waals surface area contributed by atoms with Crippen LogP contribution in [-0.2, 0) is 0 Å². The second-order valence-electron chi connectivity index (χ2n) is 3.17. The molecule has 0 aliphatic heterocycles. The van der Waals surface area contributed by atoms with Crippen LogP contribution in [0.1, 0.15) is 20.8 Å². The Hall–Kier alpha value is -0.120. The molecular weight excluding hydrogens is 114 g/mol. The van der Waals surface area contributed by atoms with Crippen molar-refractivity contribution >= 4 is 0 Å². The van der Waals surface area contributed by atoms with Crippen LogP contribution < -0.4 is 16.8 Å². The molecule has 3 nitrogen and oxygen atoms in total. The maximum atomic E-state index is 5.76. The van der Waals surface area contributed by atoms with Crippen LogP contribution in [0.2, 0.25) is 0 Å². The van der Waals surface area contributed by atoms with E-state index in [-0.39, 0.29) is 5.54 Å². The molecular formula is C6H17N3. The van der Waals surface area contributed by atoms with E-state index in [1.807, 2.05) is 20.8 Å². The average Bonchev–Trinajstić information content (AvgIpc) is 1.64. The van der Waals surface area contributed by atoms with E-state index in [1.165, 1.54) is 0 Å². The Kier molecular flexibility index (Phi) is 2.22. The van der Waals surface area contributed by atoms with Gasteiger partial charge < -0.3 is 16.8 Å². The van der Waals surface area contributed by atoms with Crippen LogP contribution in [0.5, 0.6) is 0 Å². The topological polar surface area (TPSA) is 64.1 Å². The first-order valence-corrected chi connectivity index (χ1v) is 3.08. The SMILES string of the molecule is CNC(C)(N)C(C)(C)N. The molecule has 0 radical (unpaired) electrons. The van der Waals surface area contributed by atoms with Crippen molar-refractivity contribution in [2.45, 2.75) is 32.0 Å². The molecule has 0 aromatic rings. The number of hydrogen-bond acceptors (Lipinski definition) is 3. The minimum atomic E-state index is -0.493. The Morgan fingerprint density at radius 3 is 1.44 bits per heavy atom. The first kappa shape index (κ1) is 8.88. The van der Waals surface area contributed by atoms with Gasteiger partial charge in [0, 0.05) is 5.54 Å². The highest BCUT2D eigenvalue weighted by molar-refractivity contribution is 4.94. The van der Waals surface area contributed by atoms with Crippen LogP contribution in [0, 0.1) is 0 Å². The molecule has 0 saturated carbocycles. The predicted octanol–water partition coefficient (Wildman–Crippen LogP) is -0.382. The first-order valence-electron chi connectivity index (χ1n) is 3.08. The van der Waals surface area contributed by atoms with Crippen molar-refractivity contribution in [1.82, 2.24) is 5.32 Å². The van der Waals surface area contributed by atoms with Crippen molar-refractivity contribution in [3.63, 3.8) is 0 Å². The third-order valence-electron chi connectivity index (χ3n) is 1.86. The highest BCUT2D eigenvalue weighted by Gasteiger charge is 2.31. The van der Waals surface area contributed by atoms with Gasteiger partial charge in [0.05, 0.1) is 5.66 Å². The van der Waals surface area contributed by atoms with Crippen molar-refractivity contribution in [3.05, 3.63) is 0 Å². The quantitative estimate of drug-likeness (QED) is 0.447. The summed E-state index contributed by atoms with van der Waals surface area (Å²) in [6, 6.07) is 0. The lowest BCUT2D eigenvalue weighted by molar-refractivity contribution is 0.243. The first-order chi connectivity index (χ1) is 3.81. The van der Waals surface area contributed by atoms with Gasteiger partial charge in [0.2, 0.25) is 0 Å². The molecule has 0 bridgehead atoms. The Morgan fingerprint density at radius 1 is 1.11 bits per heavy atom. The van der Waals surface area contributed by atoms with Gasteiger partial charge in [-0.05, 0) is 27.8 Å². The normalized spacial score (nSPS) is 19.3. The maximum Gasteiger partial charge on any atom is 0.0809 e. The molecule has 0 saturated heterocycles. The van der Waals surface area contributed by atoms with Crippen molar-refractivity contribution < 1.29 is 0 Å². The molecule has 56 valence electrons. The minimum Gasteiger partial charge on any atom is -0.323 e. The molecule has 0 amide bonds. The highest BCUT2D eigenvalue weighted by atomic mass is 15.1. The smallest absolute Gasteiger partial charge is 0.0809 e. The van der Waals surface area contributed by atoms with E-state index in [9.17, 15) is 0 Å². The van der Waals surface area contributed by atoms with E-state index in [2.05, 4.69) is 5.32 Å². The summed E-state index contributed by atoms with van der Waals surface area (Å²) in [7, 11) is 1.80. The Labute approximate surface area is 56.8 Å². The Balaban J connectivity index is 4.14. The molecule has 1 unspecified atom stereocenters. The summed E-state index contributed by atoms with van der Waals surface area (Å²) in [4.78, 5) is 0. The molecule has 0 fully saturated rings. The van der Waals surface area contributed by atoms with Gasteiger partial charge in [-0.15, -0.1) is 0 Å². The number of likely N-dealkylation sites (N-methyl/N-ethyl adjacent to an activating group) is 1. The molecule has 5 N–H and O–H groups in total. The highest BCUT2D eigenvalue weighted by Crippen LogP contribution is 2.10. The van der Waals surface area contributed by atoms with Gasteiger partial charge >= 0.3 is 0 Å². The number of nitrogens with one attached hydrogen (secondary N) is 1. The fraction of sp³-hybridized carbons (Fsp3) is 1.00. The van der Waals surface area contributed by atoms with Gasteiger partial charge in [0.1, 0.15) is 0 Å². The van der Waals surface area contributed by atoms with E-state index >= 15 is 0 Å². The lowest BCUT2D eigenvalue weighted by Gasteiger charge is -2.37. The van der Waals surface area contributed by atoms with E-state index in [0.29, 0.717) is 0 Å². The van der Waals surface area contributed by atoms with Gasteiger partial charge in [0.25, 0.3) is 0 Å². The van der Waals surface area contributed by atoms with Crippen LogP contribution in [0.25, 0.3) is 0 Å². The monoisotopic (exact) mass is 131 g/mol. The fourth-order valence-electron chi connectivity index (χ4n) is 0.322.